The molecule has 1 aliphatic carbocycles. The van der Waals surface area contributed by atoms with Gasteiger partial charge < -0.3 is 9.47 Å². The molecule has 23 heavy (non-hydrogen) atoms. The van der Waals surface area contributed by atoms with Crippen molar-refractivity contribution in [1.29, 1.82) is 0 Å². The van der Waals surface area contributed by atoms with E-state index in [-0.39, 0.29) is 24.4 Å². The first-order valence-electron chi connectivity index (χ1n) is 7.41. The normalized spacial score (nSPS) is 19.2. The van der Waals surface area contributed by atoms with Crippen LogP contribution in [0.15, 0.2) is 36.7 Å². The van der Waals surface area contributed by atoms with Crippen molar-refractivity contribution in [3.8, 4) is 0 Å². The molecule has 0 aliphatic heterocycles. The molecule has 0 spiro atoms. The fraction of sp³-hybridized carbons (Fsp3) is 0.353. The molecule has 3 rings (SSSR count). The SMILES string of the molecule is COC(=O)c1cccc(COC(=O)[C@H]2C[C@@H]2c2cnn(C)c2)c1. The van der Waals surface area contributed by atoms with Crippen LogP contribution in [0, 0.1) is 5.92 Å². The van der Waals surface area contributed by atoms with Gasteiger partial charge in [0.25, 0.3) is 0 Å². The van der Waals surface area contributed by atoms with Gasteiger partial charge in [0.05, 0.1) is 24.8 Å². The van der Waals surface area contributed by atoms with Crippen molar-refractivity contribution >= 4 is 11.9 Å². The van der Waals surface area contributed by atoms with Crippen molar-refractivity contribution in [3.05, 3.63) is 53.3 Å². The predicted octanol–water partition coefficient (Wildman–Crippen LogP) is 2.05. The molecule has 1 heterocycles. The lowest BCUT2D eigenvalue weighted by Crippen LogP contribution is -2.08. The van der Waals surface area contributed by atoms with Gasteiger partial charge in [0.2, 0.25) is 0 Å². The van der Waals surface area contributed by atoms with Gasteiger partial charge in [-0.1, -0.05) is 12.1 Å². The Labute approximate surface area is 134 Å². The van der Waals surface area contributed by atoms with Gasteiger partial charge in [-0.3, -0.25) is 9.48 Å². The van der Waals surface area contributed by atoms with Crippen LogP contribution < -0.4 is 0 Å². The Morgan fingerprint density at radius 3 is 2.91 bits per heavy atom. The van der Waals surface area contributed by atoms with Crippen LogP contribution in [0.25, 0.3) is 0 Å². The number of aryl methyl sites for hydroxylation is 1. The number of aromatic nitrogens is 2. The van der Waals surface area contributed by atoms with Crippen molar-refractivity contribution in [1.82, 2.24) is 9.78 Å². The van der Waals surface area contributed by atoms with Crippen LogP contribution in [0.4, 0.5) is 0 Å². The van der Waals surface area contributed by atoms with Gasteiger partial charge in [-0.2, -0.15) is 5.10 Å². The predicted molar refractivity (Wildman–Crippen MR) is 81.6 cm³/mol. The molecule has 1 fully saturated rings. The Bertz CT molecular complexity index is 738. The summed E-state index contributed by atoms with van der Waals surface area (Å²) in [6.07, 6.45) is 4.52. The highest BCUT2D eigenvalue weighted by Gasteiger charge is 2.45. The topological polar surface area (TPSA) is 70.4 Å². The summed E-state index contributed by atoms with van der Waals surface area (Å²) in [5, 5.41) is 4.12. The summed E-state index contributed by atoms with van der Waals surface area (Å²) < 4.78 is 11.8. The molecule has 0 N–H and O–H groups in total. The van der Waals surface area contributed by atoms with Gasteiger partial charge in [-0.05, 0) is 29.7 Å². The van der Waals surface area contributed by atoms with Crippen molar-refractivity contribution in [2.45, 2.75) is 18.9 Å². The van der Waals surface area contributed by atoms with Crippen LogP contribution >= 0.6 is 0 Å². The van der Waals surface area contributed by atoms with E-state index in [0.717, 1.165) is 17.5 Å². The molecule has 6 heteroatoms. The third-order valence-corrected chi connectivity index (χ3v) is 3.98. The van der Waals surface area contributed by atoms with Gasteiger partial charge in [-0.15, -0.1) is 0 Å². The van der Waals surface area contributed by atoms with Gasteiger partial charge in [-0.25, -0.2) is 4.79 Å². The Morgan fingerprint density at radius 1 is 1.39 bits per heavy atom. The van der Waals surface area contributed by atoms with Gasteiger partial charge in [0, 0.05) is 19.2 Å². The maximum atomic E-state index is 12.1. The number of benzene rings is 1. The number of esters is 2. The van der Waals surface area contributed by atoms with Gasteiger partial charge >= 0.3 is 11.9 Å². The minimum atomic E-state index is -0.406. The van der Waals surface area contributed by atoms with Crippen molar-refractivity contribution in [2.24, 2.45) is 13.0 Å². The largest absolute Gasteiger partial charge is 0.465 e. The van der Waals surface area contributed by atoms with Crippen LogP contribution in [0.3, 0.4) is 0 Å². The van der Waals surface area contributed by atoms with E-state index in [1.807, 2.05) is 19.3 Å². The van der Waals surface area contributed by atoms with E-state index in [2.05, 4.69) is 9.84 Å². The Balaban J connectivity index is 1.55. The number of hydrogen-bond acceptors (Lipinski definition) is 5. The number of carbonyl (C=O) groups is 2. The van der Waals surface area contributed by atoms with Crippen molar-refractivity contribution in [2.75, 3.05) is 7.11 Å². The first kappa shape index (κ1) is 15.3. The van der Waals surface area contributed by atoms with Crippen molar-refractivity contribution in [3.63, 3.8) is 0 Å². The average molecular weight is 314 g/mol. The third kappa shape index (κ3) is 3.41. The highest BCUT2D eigenvalue weighted by atomic mass is 16.5. The summed E-state index contributed by atoms with van der Waals surface area (Å²) in [4.78, 5) is 23.6. The number of ether oxygens (including phenoxy) is 2. The minimum absolute atomic E-state index is 0.0945. The fourth-order valence-electron chi connectivity index (χ4n) is 2.62. The monoisotopic (exact) mass is 314 g/mol. The summed E-state index contributed by atoms with van der Waals surface area (Å²) in [7, 11) is 3.19. The molecular formula is C17H18N2O4. The van der Waals surface area contributed by atoms with Gasteiger partial charge in [0.1, 0.15) is 6.61 Å². The lowest BCUT2D eigenvalue weighted by atomic mass is 10.1. The van der Waals surface area contributed by atoms with Gasteiger partial charge in [0.15, 0.2) is 0 Å². The van der Waals surface area contributed by atoms with E-state index in [4.69, 9.17) is 4.74 Å². The molecule has 6 nitrogen and oxygen atoms in total. The lowest BCUT2D eigenvalue weighted by Gasteiger charge is -2.06. The van der Waals surface area contributed by atoms with Crippen LogP contribution in [-0.4, -0.2) is 28.8 Å². The zero-order valence-electron chi connectivity index (χ0n) is 13.1. The highest BCUT2D eigenvalue weighted by Crippen LogP contribution is 2.48. The number of nitrogens with zero attached hydrogens (tertiary/aromatic N) is 2. The fourth-order valence-corrected chi connectivity index (χ4v) is 2.62. The Kier molecular flexibility index (Phi) is 4.14. The summed E-state index contributed by atoms with van der Waals surface area (Å²) in [6.45, 7) is 0.153. The lowest BCUT2D eigenvalue weighted by molar-refractivity contribution is -0.146. The van der Waals surface area contributed by atoms with E-state index in [1.54, 1.807) is 29.1 Å². The summed E-state index contributed by atoms with van der Waals surface area (Å²) in [5.74, 6) is -0.500. The Morgan fingerprint density at radius 2 is 2.22 bits per heavy atom. The maximum Gasteiger partial charge on any atom is 0.337 e. The van der Waals surface area contributed by atoms with Crippen LogP contribution in [0.1, 0.15) is 33.8 Å². The van der Waals surface area contributed by atoms with Crippen molar-refractivity contribution < 1.29 is 19.1 Å². The standard InChI is InChI=1S/C17H18N2O4/c1-19-9-13(8-18-19)14-7-15(14)17(21)23-10-11-4-3-5-12(6-11)16(20)22-2/h3-6,8-9,14-15H,7,10H2,1-2H3/t14-,15+/m1/s1. The van der Waals surface area contributed by atoms with E-state index in [9.17, 15) is 9.59 Å². The smallest absolute Gasteiger partial charge is 0.337 e. The minimum Gasteiger partial charge on any atom is -0.465 e. The molecule has 2 aromatic rings. The molecule has 1 aliphatic rings. The zero-order valence-corrected chi connectivity index (χ0v) is 13.1. The molecule has 0 saturated heterocycles. The zero-order chi connectivity index (χ0) is 16.4. The quantitative estimate of drug-likeness (QED) is 0.790. The summed E-state index contributed by atoms with van der Waals surface area (Å²) in [5.41, 5.74) is 2.28. The second-order valence-electron chi connectivity index (χ2n) is 5.70. The van der Waals surface area contributed by atoms with E-state index in [0.29, 0.717) is 5.56 Å². The summed E-state index contributed by atoms with van der Waals surface area (Å²) in [6, 6.07) is 6.89. The number of carbonyl (C=O) groups excluding carboxylic acids is 2. The number of methoxy groups -OCH3 is 1. The maximum absolute atomic E-state index is 12.1. The molecule has 1 aromatic heterocycles. The molecule has 0 amide bonds. The molecule has 1 saturated carbocycles. The summed E-state index contributed by atoms with van der Waals surface area (Å²) >= 11 is 0. The molecule has 1 aromatic carbocycles. The molecule has 120 valence electrons. The molecule has 0 bridgehead atoms. The molecular weight excluding hydrogens is 296 g/mol. The van der Waals surface area contributed by atoms with E-state index < -0.39 is 5.97 Å². The molecule has 0 unspecified atom stereocenters. The second-order valence-corrected chi connectivity index (χ2v) is 5.70. The molecule has 0 radical (unpaired) electrons. The highest BCUT2D eigenvalue weighted by molar-refractivity contribution is 5.89. The first-order valence-corrected chi connectivity index (χ1v) is 7.41. The number of hydrogen-bond donors (Lipinski definition) is 0. The second kappa shape index (κ2) is 6.24. The Hall–Kier alpha value is -2.63. The van der Waals surface area contributed by atoms with E-state index >= 15 is 0 Å². The third-order valence-electron chi connectivity index (χ3n) is 3.98. The van der Waals surface area contributed by atoms with Crippen LogP contribution in [0.5, 0.6) is 0 Å². The van der Waals surface area contributed by atoms with E-state index in [1.165, 1.54) is 7.11 Å². The van der Waals surface area contributed by atoms with Crippen LogP contribution in [0.2, 0.25) is 0 Å². The average Bonchev–Trinajstić information content (AvgIpc) is 3.26. The number of rotatable bonds is 5. The van der Waals surface area contributed by atoms with Crippen LogP contribution in [-0.2, 0) is 27.9 Å². The molecule has 2 atom stereocenters. The first-order chi connectivity index (χ1) is 11.1.